The van der Waals surface area contributed by atoms with Gasteiger partial charge in [0.1, 0.15) is 5.54 Å². The maximum absolute atomic E-state index is 12.1. The number of ether oxygens (including phenoxy) is 1. The van der Waals surface area contributed by atoms with Gasteiger partial charge in [0, 0.05) is 7.11 Å². The minimum absolute atomic E-state index is 0.0933. The molecule has 0 heterocycles. The van der Waals surface area contributed by atoms with E-state index in [0.29, 0.717) is 12.8 Å². The number of hydrogen-bond acceptors (Lipinski definition) is 4. The van der Waals surface area contributed by atoms with E-state index in [1.807, 2.05) is 13.8 Å². The zero-order chi connectivity index (χ0) is 14.5. The van der Waals surface area contributed by atoms with E-state index < -0.39 is 11.1 Å². The van der Waals surface area contributed by atoms with Crippen LogP contribution in [0.15, 0.2) is 5.16 Å². The van der Waals surface area contributed by atoms with Gasteiger partial charge in [-0.3, -0.25) is 4.79 Å². The van der Waals surface area contributed by atoms with Crippen molar-refractivity contribution < 1.29 is 14.7 Å². The second-order valence-electron chi connectivity index (χ2n) is 5.82. The number of nitrogens with zero attached hydrogens (tertiary/aromatic N) is 1. The highest BCUT2D eigenvalue weighted by molar-refractivity contribution is 5.94. The summed E-state index contributed by atoms with van der Waals surface area (Å²) in [7, 11) is 1.58. The fourth-order valence-corrected chi connectivity index (χ4v) is 2.47. The average Bonchev–Trinajstić information content (AvgIpc) is 2.38. The van der Waals surface area contributed by atoms with Gasteiger partial charge in [0.05, 0.1) is 12.0 Å². The van der Waals surface area contributed by atoms with E-state index in [4.69, 9.17) is 15.7 Å². The molecule has 0 aliphatic heterocycles. The first-order valence-corrected chi connectivity index (χ1v) is 6.69. The predicted molar refractivity (Wildman–Crippen MR) is 73.1 cm³/mol. The van der Waals surface area contributed by atoms with E-state index in [9.17, 15) is 4.79 Å². The fraction of sp³-hybridized carbons (Fsp3) is 0.846. The Morgan fingerprint density at radius 1 is 1.42 bits per heavy atom. The number of nitrogens with two attached hydrogens (primary N) is 1. The minimum Gasteiger partial charge on any atom is -0.409 e. The van der Waals surface area contributed by atoms with Crippen molar-refractivity contribution in [2.75, 3.05) is 7.11 Å². The van der Waals surface area contributed by atoms with Gasteiger partial charge in [-0.05, 0) is 26.7 Å². The Balaban J connectivity index is 2.76. The van der Waals surface area contributed by atoms with Gasteiger partial charge >= 0.3 is 0 Å². The van der Waals surface area contributed by atoms with E-state index in [2.05, 4.69) is 10.5 Å². The van der Waals surface area contributed by atoms with Gasteiger partial charge in [0.2, 0.25) is 5.91 Å². The summed E-state index contributed by atoms with van der Waals surface area (Å²) in [5.41, 5.74) is 4.56. The third-order valence-corrected chi connectivity index (χ3v) is 3.82. The largest absolute Gasteiger partial charge is 0.409 e. The van der Waals surface area contributed by atoms with Crippen LogP contribution in [0, 0.1) is 0 Å². The molecule has 1 fully saturated rings. The molecule has 4 N–H and O–H groups in total. The van der Waals surface area contributed by atoms with E-state index >= 15 is 0 Å². The molecular weight excluding hydrogens is 246 g/mol. The molecule has 6 heteroatoms. The molecule has 1 saturated carbocycles. The molecular formula is C13H25N3O3. The van der Waals surface area contributed by atoms with E-state index in [1.54, 1.807) is 7.11 Å². The molecule has 1 aliphatic rings. The SMILES string of the molecule is COC(C)(C)CC(=O)NC1(C(N)=NO)CCCCC1. The number of amides is 1. The number of hydrogen-bond donors (Lipinski definition) is 3. The molecule has 0 unspecified atom stereocenters. The normalized spacial score (nSPS) is 20.1. The summed E-state index contributed by atoms with van der Waals surface area (Å²) < 4.78 is 5.25. The first kappa shape index (κ1) is 15.8. The summed E-state index contributed by atoms with van der Waals surface area (Å²) in [6, 6.07) is 0. The molecule has 0 aromatic carbocycles. The summed E-state index contributed by atoms with van der Waals surface area (Å²) in [6.07, 6.45) is 4.70. The van der Waals surface area contributed by atoms with Crippen LogP contribution in [0.3, 0.4) is 0 Å². The Bertz CT molecular complexity index is 347. The standard InChI is InChI=1S/C13H25N3O3/c1-12(2,19-3)9-10(17)15-13(11(14)16-18)7-5-4-6-8-13/h18H,4-9H2,1-3H3,(H2,14,16)(H,15,17). The Morgan fingerprint density at radius 2 is 2.00 bits per heavy atom. The number of rotatable bonds is 5. The van der Waals surface area contributed by atoms with Crippen LogP contribution in [0.2, 0.25) is 0 Å². The number of methoxy groups -OCH3 is 1. The van der Waals surface area contributed by atoms with Crippen molar-refractivity contribution in [1.29, 1.82) is 0 Å². The van der Waals surface area contributed by atoms with Gasteiger partial charge in [-0.25, -0.2) is 0 Å². The van der Waals surface area contributed by atoms with Gasteiger partial charge < -0.3 is 21.0 Å². The highest BCUT2D eigenvalue weighted by atomic mass is 16.5. The topological polar surface area (TPSA) is 96.9 Å². The van der Waals surface area contributed by atoms with Crippen molar-refractivity contribution in [1.82, 2.24) is 5.32 Å². The van der Waals surface area contributed by atoms with E-state index in [0.717, 1.165) is 19.3 Å². The van der Waals surface area contributed by atoms with Crippen LogP contribution in [0.4, 0.5) is 0 Å². The lowest BCUT2D eigenvalue weighted by molar-refractivity contribution is -0.127. The molecule has 110 valence electrons. The molecule has 0 radical (unpaired) electrons. The highest BCUT2D eigenvalue weighted by Gasteiger charge is 2.38. The number of oxime groups is 1. The molecule has 1 aliphatic carbocycles. The van der Waals surface area contributed by atoms with Crippen molar-refractivity contribution in [3.05, 3.63) is 0 Å². The first-order valence-electron chi connectivity index (χ1n) is 6.69. The van der Waals surface area contributed by atoms with Crippen LogP contribution in [-0.4, -0.2) is 35.2 Å². The summed E-state index contributed by atoms with van der Waals surface area (Å²) in [5, 5.41) is 15.0. The van der Waals surface area contributed by atoms with Crippen molar-refractivity contribution >= 4 is 11.7 Å². The van der Waals surface area contributed by atoms with Crippen molar-refractivity contribution in [2.45, 2.75) is 63.5 Å². The lowest BCUT2D eigenvalue weighted by Crippen LogP contribution is -2.59. The molecule has 0 atom stereocenters. The van der Waals surface area contributed by atoms with Crippen molar-refractivity contribution in [3.8, 4) is 0 Å². The second kappa shape index (κ2) is 6.23. The molecule has 0 saturated heterocycles. The van der Waals surface area contributed by atoms with Crippen LogP contribution in [0.25, 0.3) is 0 Å². The smallest absolute Gasteiger partial charge is 0.223 e. The molecule has 0 spiro atoms. The van der Waals surface area contributed by atoms with Gasteiger partial charge in [0.25, 0.3) is 0 Å². The van der Waals surface area contributed by atoms with Crippen LogP contribution in [0.1, 0.15) is 52.4 Å². The van der Waals surface area contributed by atoms with Crippen LogP contribution < -0.4 is 11.1 Å². The van der Waals surface area contributed by atoms with Crippen molar-refractivity contribution in [2.24, 2.45) is 10.9 Å². The molecule has 6 nitrogen and oxygen atoms in total. The van der Waals surface area contributed by atoms with Crippen LogP contribution in [-0.2, 0) is 9.53 Å². The molecule has 0 aromatic rings. The molecule has 1 amide bonds. The predicted octanol–water partition coefficient (Wildman–Crippen LogP) is 1.37. The summed E-state index contributed by atoms with van der Waals surface area (Å²) in [4.78, 5) is 12.1. The zero-order valence-electron chi connectivity index (χ0n) is 12.0. The Labute approximate surface area is 114 Å². The van der Waals surface area contributed by atoms with Gasteiger partial charge in [0.15, 0.2) is 5.84 Å². The maximum atomic E-state index is 12.1. The Morgan fingerprint density at radius 3 is 2.47 bits per heavy atom. The van der Waals surface area contributed by atoms with E-state index in [1.165, 1.54) is 0 Å². The third kappa shape index (κ3) is 4.09. The van der Waals surface area contributed by atoms with E-state index in [-0.39, 0.29) is 18.2 Å². The van der Waals surface area contributed by atoms with Crippen LogP contribution >= 0.6 is 0 Å². The first-order chi connectivity index (χ1) is 8.85. The quantitative estimate of drug-likeness (QED) is 0.304. The lowest BCUT2D eigenvalue weighted by atomic mass is 9.80. The molecule has 0 bridgehead atoms. The average molecular weight is 271 g/mol. The van der Waals surface area contributed by atoms with Gasteiger partial charge in [-0.2, -0.15) is 0 Å². The summed E-state index contributed by atoms with van der Waals surface area (Å²) in [5.74, 6) is -0.0453. The number of carbonyl (C=O) groups excluding carboxylic acids is 1. The molecule has 0 aromatic heterocycles. The lowest BCUT2D eigenvalue weighted by Gasteiger charge is -2.37. The highest BCUT2D eigenvalue weighted by Crippen LogP contribution is 2.29. The number of nitrogens with one attached hydrogen (secondary N) is 1. The third-order valence-electron chi connectivity index (χ3n) is 3.82. The molecule has 1 rings (SSSR count). The Kier molecular flexibility index (Phi) is 5.17. The minimum atomic E-state index is -0.700. The van der Waals surface area contributed by atoms with Gasteiger partial charge in [-0.15, -0.1) is 0 Å². The zero-order valence-corrected chi connectivity index (χ0v) is 12.0. The fourth-order valence-electron chi connectivity index (χ4n) is 2.47. The number of carbonyl (C=O) groups is 1. The molecule has 19 heavy (non-hydrogen) atoms. The maximum Gasteiger partial charge on any atom is 0.223 e. The van der Waals surface area contributed by atoms with Gasteiger partial charge in [-0.1, -0.05) is 24.4 Å². The summed E-state index contributed by atoms with van der Waals surface area (Å²) >= 11 is 0. The van der Waals surface area contributed by atoms with Crippen LogP contribution in [0.5, 0.6) is 0 Å². The number of amidine groups is 1. The second-order valence-corrected chi connectivity index (χ2v) is 5.82. The summed E-state index contributed by atoms with van der Waals surface area (Å²) in [6.45, 7) is 3.70. The monoisotopic (exact) mass is 271 g/mol. The van der Waals surface area contributed by atoms with Crippen molar-refractivity contribution in [3.63, 3.8) is 0 Å². The Hall–Kier alpha value is -1.30.